The molecular formula is C16H16N4. The molecule has 0 bridgehead atoms. The van der Waals surface area contributed by atoms with Crippen LogP contribution in [0.25, 0.3) is 11.0 Å². The second-order valence-corrected chi connectivity index (χ2v) is 5.34. The predicted molar refractivity (Wildman–Crippen MR) is 80.3 cm³/mol. The van der Waals surface area contributed by atoms with E-state index >= 15 is 0 Å². The van der Waals surface area contributed by atoms with E-state index in [1.807, 2.05) is 24.1 Å². The number of aromatic nitrogens is 3. The molecule has 0 spiro atoms. The Hall–Kier alpha value is -2.36. The molecule has 0 radical (unpaired) electrons. The Bertz CT molecular complexity index is 788. The molecule has 0 atom stereocenters. The van der Waals surface area contributed by atoms with Gasteiger partial charge < -0.3 is 9.88 Å². The summed E-state index contributed by atoms with van der Waals surface area (Å²) in [5.74, 6) is 0.876. The smallest absolute Gasteiger partial charge is 0.132 e. The maximum Gasteiger partial charge on any atom is 0.132 e. The third kappa shape index (κ3) is 1.76. The van der Waals surface area contributed by atoms with Crippen molar-refractivity contribution >= 4 is 22.5 Å². The van der Waals surface area contributed by atoms with Crippen LogP contribution >= 0.6 is 0 Å². The van der Waals surface area contributed by atoms with E-state index in [9.17, 15) is 0 Å². The Morgan fingerprint density at radius 2 is 2.15 bits per heavy atom. The van der Waals surface area contributed by atoms with Crippen molar-refractivity contribution in [1.29, 1.82) is 0 Å². The van der Waals surface area contributed by atoms with Gasteiger partial charge in [-0.15, -0.1) is 0 Å². The van der Waals surface area contributed by atoms with Gasteiger partial charge in [-0.1, -0.05) is 12.1 Å². The number of benzene rings is 1. The van der Waals surface area contributed by atoms with Gasteiger partial charge in [0.15, 0.2) is 0 Å². The van der Waals surface area contributed by atoms with Crippen molar-refractivity contribution in [2.45, 2.75) is 19.3 Å². The molecule has 0 amide bonds. The Kier molecular flexibility index (Phi) is 2.49. The number of rotatable bonds is 2. The number of nitrogens with zero attached hydrogens (tertiary/aromatic N) is 3. The number of hydrogen-bond donors (Lipinski definition) is 1. The molecule has 100 valence electrons. The number of fused-ring (bicyclic) bond motifs is 2. The molecule has 0 saturated carbocycles. The minimum absolute atomic E-state index is 0.876. The van der Waals surface area contributed by atoms with Gasteiger partial charge >= 0.3 is 0 Å². The lowest BCUT2D eigenvalue weighted by Gasteiger charge is -2.10. The summed E-state index contributed by atoms with van der Waals surface area (Å²) in [6.07, 6.45) is 7.24. The van der Waals surface area contributed by atoms with Crippen LogP contribution in [0.15, 0.2) is 36.8 Å². The van der Waals surface area contributed by atoms with E-state index in [4.69, 9.17) is 0 Å². The van der Waals surface area contributed by atoms with E-state index < -0.39 is 0 Å². The lowest BCUT2D eigenvalue weighted by molar-refractivity contribution is 0.912. The van der Waals surface area contributed by atoms with E-state index in [1.165, 1.54) is 29.7 Å². The van der Waals surface area contributed by atoms with Crippen LogP contribution < -0.4 is 5.32 Å². The van der Waals surface area contributed by atoms with Crippen LogP contribution in [0.4, 0.5) is 11.5 Å². The zero-order valence-electron chi connectivity index (χ0n) is 11.4. The van der Waals surface area contributed by atoms with Crippen molar-refractivity contribution in [3.05, 3.63) is 47.9 Å². The van der Waals surface area contributed by atoms with Crippen molar-refractivity contribution in [3.63, 3.8) is 0 Å². The molecule has 0 unspecified atom stereocenters. The van der Waals surface area contributed by atoms with Gasteiger partial charge in [-0.3, -0.25) is 0 Å². The Labute approximate surface area is 117 Å². The van der Waals surface area contributed by atoms with Crippen LogP contribution in [-0.4, -0.2) is 14.5 Å². The highest BCUT2D eigenvalue weighted by atomic mass is 15.0. The fourth-order valence-electron chi connectivity index (χ4n) is 2.97. The average molecular weight is 264 g/mol. The van der Waals surface area contributed by atoms with Crippen LogP contribution in [0.5, 0.6) is 0 Å². The van der Waals surface area contributed by atoms with E-state index in [-0.39, 0.29) is 0 Å². The average Bonchev–Trinajstić information content (AvgIpc) is 3.07. The van der Waals surface area contributed by atoms with Crippen molar-refractivity contribution in [2.24, 2.45) is 7.05 Å². The molecule has 4 rings (SSSR count). The summed E-state index contributed by atoms with van der Waals surface area (Å²) < 4.78 is 2.01. The van der Waals surface area contributed by atoms with Crippen molar-refractivity contribution < 1.29 is 0 Å². The zero-order valence-corrected chi connectivity index (χ0v) is 11.4. The number of anilines is 2. The molecule has 4 nitrogen and oxygen atoms in total. The summed E-state index contributed by atoms with van der Waals surface area (Å²) in [4.78, 5) is 8.75. The Balaban J connectivity index is 1.74. The molecule has 2 heterocycles. The first-order chi connectivity index (χ1) is 9.81. The summed E-state index contributed by atoms with van der Waals surface area (Å²) in [7, 11) is 2.00. The van der Waals surface area contributed by atoms with Crippen molar-refractivity contribution in [3.8, 4) is 0 Å². The van der Waals surface area contributed by atoms with Gasteiger partial charge in [0.25, 0.3) is 0 Å². The number of imidazole rings is 1. The largest absolute Gasteiger partial charge is 0.340 e. The van der Waals surface area contributed by atoms with E-state index in [2.05, 4.69) is 39.6 Å². The lowest BCUT2D eigenvalue weighted by Crippen LogP contribution is -1.98. The van der Waals surface area contributed by atoms with Gasteiger partial charge in [-0.25, -0.2) is 9.97 Å². The van der Waals surface area contributed by atoms with Crippen LogP contribution in [0, 0.1) is 0 Å². The van der Waals surface area contributed by atoms with Gasteiger partial charge in [0.2, 0.25) is 0 Å². The van der Waals surface area contributed by atoms with Gasteiger partial charge in [0.05, 0.1) is 18.0 Å². The molecule has 1 aliphatic rings. The second kappa shape index (κ2) is 4.34. The topological polar surface area (TPSA) is 42.7 Å². The highest BCUT2D eigenvalue weighted by molar-refractivity contribution is 5.78. The Morgan fingerprint density at radius 3 is 3.10 bits per heavy atom. The highest BCUT2D eigenvalue weighted by Crippen LogP contribution is 2.30. The summed E-state index contributed by atoms with van der Waals surface area (Å²) >= 11 is 0. The maximum absolute atomic E-state index is 4.45. The number of hydrogen-bond acceptors (Lipinski definition) is 3. The number of nitrogens with one attached hydrogen (secondary N) is 1. The predicted octanol–water partition coefficient (Wildman–Crippen LogP) is 3.20. The minimum Gasteiger partial charge on any atom is -0.340 e. The van der Waals surface area contributed by atoms with Gasteiger partial charge in [-0.05, 0) is 36.5 Å². The summed E-state index contributed by atoms with van der Waals surface area (Å²) in [5.41, 5.74) is 6.12. The molecule has 0 fully saturated rings. The molecule has 2 aromatic heterocycles. The quantitative estimate of drug-likeness (QED) is 0.773. The molecule has 4 heteroatoms. The third-order valence-electron chi connectivity index (χ3n) is 4.02. The lowest BCUT2D eigenvalue weighted by atomic mass is 10.1. The van der Waals surface area contributed by atoms with E-state index in [1.54, 1.807) is 0 Å². The number of aryl methyl sites for hydroxylation is 2. The molecule has 1 N–H and O–H groups in total. The summed E-state index contributed by atoms with van der Waals surface area (Å²) in [6.45, 7) is 0. The molecule has 0 aliphatic heterocycles. The first-order valence-electron chi connectivity index (χ1n) is 6.96. The minimum atomic E-state index is 0.876. The standard InChI is InChI=1S/C16H16N4/c1-20-10-18-14-9-17-16(8-15(14)20)19-13-7-3-5-11-4-2-6-12(11)13/h3,5,7-10H,2,4,6H2,1H3,(H,17,19). The van der Waals surface area contributed by atoms with Crippen LogP contribution in [0.3, 0.4) is 0 Å². The number of pyridine rings is 1. The monoisotopic (exact) mass is 264 g/mol. The SMILES string of the molecule is Cn1cnc2cnc(Nc3cccc4c3CCC4)cc21. The van der Waals surface area contributed by atoms with Gasteiger partial charge in [0, 0.05) is 18.8 Å². The summed E-state index contributed by atoms with van der Waals surface area (Å²) in [5, 5.41) is 3.46. The second-order valence-electron chi connectivity index (χ2n) is 5.34. The molecule has 1 aromatic carbocycles. The van der Waals surface area contributed by atoms with Crippen LogP contribution in [-0.2, 0) is 19.9 Å². The normalized spacial score (nSPS) is 13.7. The molecule has 0 saturated heterocycles. The fourth-order valence-corrected chi connectivity index (χ4v) is 2.97. The molecular weight excluding hydrogens is 248 g/mol. The van der Waals surface area contributed by atoms with Gasteiger partial charge in [-0.2, -0.15) is 0 Å². The molecule has 3 aromatic rings. The van der Waals surface area contributed by atoms with Gasteiger partial charge in [0.1, 0.15) is 11.3 Å². The maximum atomic E-state index is 4.45. The first kappa shape index (κ1) is 11.5. The van der Waals surface area contributed by atoms with E-state index in [0.717, 1.165) is 23.3 Å². The first-order valence-corrected chi connectivity index (χ1v) is 6.96. The third-order valence-corrected chi connectivity index (χ3v) is 4.02. The summed E-state index contributed by atoms with van der Waals surface area (Å²) in [6, 6.07) is 8.54. The molecule has 1 aliphatic carbocycles. The van der Waals surface area contributed by atoms with E-state index in [0.29, 0.717) is 0 Å². The van der Waals surface area contributed by atoms with Crippen molar-refractivity contribution in [1.82, 2.24) is 14.5 Å². The zero-order chi connectivity index (χ0) is 13.5. The Morgan fingerprint density at radius 1 is 1.20 bits per heavy atom. The highest BCUT2D eigenvalue weighted by Gasteiger charge is 2.14. The van der Waals surface area contributed by atoms with Crippen LogP contribution in [0.2, 0.25) is 0 Å². The fraction of sp³-hybridized carbons (Fsp3) is 0.250. The van der Waals surface area contributed by atoms with Crippen molar-refractivity contribution in [2.75, 3.05) is 5.32 Å². The van der Waals surface area contributed by atoms with Crippen LogP contribution in [0.1, 0.15) is 17.5 Å². The molecule has 20 heavy (non-hydrogen) atoms.